The first kappa shape index (κ1) is 8.95. The molecule has 0 saturated heterocycles. The molecular weight excluding hydrogens is 128 g/mol. The first-order valence-electron chi connectivity index (χ1n) is 3.33. The van der Waals surface area contributed by atoms with Crippen LogP contribution in [0, 0.1) is 0 Å². The standard InChI is InChI=1S/C8H12O2/c1-2-3-4-5-6-7-8(9)10/h4-7H,2-3H2,1H3,(H,9,10)/b5-4?,7-6+. The maximum atomic E-state index is 9.91. The lowest BCUT2D eigenvalue weighted by atomic mass is 10.3. The molecule has 0 saturated carbocycles. The van der Waals surface area contributed by atoms with Gasteiger partial charge in [-0.05, 0) is 6.42 Å². The minimum atomic E-state index is -0.902. The smallest absolute Gasteiger partial charge is 0.328 e. The lowest BCUT2D eigenvalue weighted by Crippen LogP contribution is -1.84. The first-order chi connectivity index (χ1) is 4.77. The largest absolute Gasteiger partial charge is 0.478 e. The third-order valence-corrected chi connectivity index (χ3v) is 0.941. The highest BCUT2D eigenvalue weighted by molar-refractivity contribution is 5.80. The highest BCUT2D eigenvalue weighted by atomic mass is 16.4. The lowest BCUT2D eigenvalue weighted by Gasteiger charge is -1.79. The number of hydrogen-bond acceptors (Lipinski definition) is 1. The van der Waals surface area contributed by atoms with Crippen molar-refractivity contribution >= 4 is 5.97 Å². The second-order valence-electron chi connectivity index (χ2n) is 1.91. The van der Waals surface area contributed by atoms with Crippen LogP contribution in [-0.2, 0) is 4.79 Å². The van der Waals surface area contributed by atoms with Gasteiger partial charge in [0.25, 0.3) is 0 Å². The molecule has 0 aliphatic rings. The average molecular weight is 140 g/mol. The molecular formula is C8H12O2. The van der Waals surface area contributed by atoms with Crippen LogP contribution in [0.15, 0.2) is 24.3 Å². The van der Waals surface area contributed by atoms with Crippen LogP contribution in [0.25, 0.3) is 0 Å². The number of hydrogen-bond donors (Lipinski definition) is 1. The van der Waals surface area contributed by atoms with Gasteiger partial charge in [0, 0.05) is 6.08 Å². The summed E-state index contributed by atoms with van der Waals surface area (Å²) in [5, 5.41) is 8.15. The molecule has 0 aromatic carbocycles. The van der Waals surface area contributed by atoms with Crippen LogP contribution in [0.1, 0.15) is 19.8 Å². The van der Waals surface area contributed by atoms with Gasteiger partial charge >= 0.3 is 5.97 Å². The van der Waals surface area contributed by atoms with Crippen LogP contribution in [0.5, 0.6) is 0 Å². The van der Waals surface area contributed by atoms with E-state index in [0.717, 1.165) is 18.9 Å². The summed E-state index contributed by atoms with van der Waals surface area (Å²) in [6.07, 6.45) is 8.43. The van der Waals surface area contributed by atoms with E-state index < -0.39 is 5.97 Å². The fourth-order valence-electron chi connectivity index (χ4n) is 0.479. The number of carboxylic acids is 1. The summed E-state index contributed by atoms with van der Waals surface area (Å²) in [6.45, 7) is 2.07. The summed E-state index contributed by atoms with van der Waals surface area (Å²) in [4.78, 5) is 9.91. The summed E-state index contributed by atoms with van der Waals surface area (Å²) in [7, 11) is 0. The van der Waals surface area contributed by atoms with Crippen molar-refractivity contribution in [1.29, 1.82) is 0 Å². The molecule has 56 valence electrons. The molecule has 0 aromatic rings. The first-order valence-corrected chi connectivity index (χ1v) is 3.33. The van der Waals surface area contributed by atoms with Gasteiger partial charge in [-0.1, -0.05) is 31.6 Å². The number of carbonyl (C=O) groups is 1. The van der Waals surface area contributed by atoms with Crippen LogP contribution in [0.2, 0.25) is 0 Å². The average Bonchev–Trinajstić information content (AvgIpc) is 1.87. The third kappa shape index (κ3) is 6.95. The molecule has 0 fully saturated rings. The normalized spacial score (nSPS) is 11.3. The van der Waals surface area contributed by atoms with Gasteiger partial charge in [0.2, 0.25) is 0 Å². The van der Waals surface area contributed by atoms with Crippen molar-refractivity contribution in [1.82, 2.24) is 0 Å². The number of carboxylic acid groups (broad SMARTS) is 1. The van der Waals surface area contributed by atoms with Crippen molar-refractivity contribution in [3.63, 3.8) is 0 Å². The maximum absolute atomic E-state index is 9.91. The number of aliphatic carboxylic acids is 1. The molecule has 10 heavy (non-hydrogen) atoms. The zero-order valence-corrected chi connectivity index (χ0v) is 6.08. The minimum Gasteiger partial charge on any atom is -0.478 e. The van der Waals surface area contributed by atoms with E-state index in [-0.39, 0.29) is 0 Å². The van der Waals surface area contributed by atoms with E-state index in [1.165, 1.54) is 6.08 Å². The minimum absolute atomic E-state index is 0.902. The molecule has 0 aromatic heterocycles. The summed E-state index contributed by atoms with van der Waals surface area (Å²) in [6, 6.07) is 0. The third-order valence-electron chi connectivity index (χ3n) is 0.941. The van der Waals surface area contributed by atoms with Crippen LogP contribution >= 0.6 is 0 Å². The number of unbranched alkanes of at least 4 members (excludes halogenated alkanes) is 1. The molecule has 0 aliphatic heterocycles. The van der Waals surface area contributed by atoms with E-state index in [2.05, 4.69) is 6.92 Å². The Bertz CT molecular complexity index is 145. The van der Waals surface area contributed by atoms with Gasteiger partial charge in [0.1, 0.15) is 0 Å². The summed E-state index contributed by atoms with van der Waals surface area (Å²) in [5.41, 5.74) is 0. The molecule has 0 amide bonds. The van der Waals surface area contributed by atoms with Crippen molar-refractivity contribution in [3.8, 4) is 0 Å². The highest BCUT2D eigenvalue weighted by Gasteiger charge is 1.79. The van der Waals surface area contributed by atoms with Crippen LogP contribution in [0.3, 0.4) is 0 Å². The van der Waals surface area contributed by atoms with E-state index in [9.17, 15) is 4.79 Å². The molecule has 0 heterocycles. The van der Waals surface area contributed by atoms with E-state index in [4.69, 9.17) is 5.11 Å². The zero-order valence-electron chi connectivity index (χ0n) is 6.08. The fourth-order valence-corrected chi connectivity index (χ4v) is 0.479. The van der Waals surface area contributed by atoms with Crippen molar-refractivity contribution < 1.29 is 9.90 Å². The van der Waals surface area contributed by atoms with E-state index in [1.807, 2.05) is 6.08 Å². The lowest BCUT2D eigenvalue weighted by molar-refractivity contribution is -0.131. The predicted octanol–water partition coefficient (Wildman–Crippen LogP) is 1.98. The summed E-state index contributed by atoms with van der Waals surface area (Å²) in [5.74, 6) is -0.902. The van der Waals surface area contributed by atoms with Crippen LogP contribution in [-0.4, -0.2) is 11.1 Å². The molecule has 0 rings (SSSR count). The SMILES string of the molecule is CCCC=C/C=C/C(=O)O. The van der Waals surface area contributed by atoms with Gasteiger partial charge in [-0.3, -0.25) is 0 Å². The maximum Gasteiger partial charge on any atom is 0.328 e. The number of allylic oxidation sites excluding steroid dienone is 3. The van der Waals surface area contributed by atoms with Gasteiger partial charge < -0.3 is 5.11 Å². The van der Waals surface area contributed by atoms with Gasteiger partial charge in [-0.2, -0.15) is 0 Å². The Morgan fingerprint density at radius 1 is 1.50 bits per heavy atom. The van der Waals surface area contributed by atoms with Gasteiger partial charge in [0.05, 0.1) is 0 Å². The van der Waals surface area contributed by atoms with Crippen molar-refractivity contribution in [2.24, 2.45) is 0 Å². The molecule has 0 bridgehead atoms. The van der Waals surface area contributed by atoms with Crippen LogP contribution in [0.4, 0.5) is 0 Å². The Balaban J connectivity index is 3.42. The van der Waals surface area contributed by atoms with Crippen LogP contribution < -0.4 is 0 Å². The predicted molar refractivity (Wildman–Crippen MR) is 40.8 cm³/mol. The molecule has 2 heteroatoms. The molecule has 2 nitrogen and oxygen atoms in total. The van der Waals surface area contributed by atoms with Gasteiger partial charge in [0.15, 0.2) is 0 Å². The van der Waals surface area contributed by atoms with E-state index in [1.54, 1.807) is 6.08 Å². The Morgan fingerprint density at radius 2 is 2.20 bits per heavy atom. The monoisotopic (exact) mass is 140 g/mol. The summed E-state index contributed by atoms with van der Waals surface area (Å²) >= 11 is 0. The Morgan fingerprint density at radius 3 is 2.70 bits per heavy atom. The molecule has 0 spiro atoms. The van der Waals surface area contributed by atoms with Crippen molar-refractivity contribution in [2.45, 2.75) is 19.8 Å². The van der Waals surface area contributed by atoms with Gasteiger partial charge in [-0.25, -0.2) is 4.79 Å². The fraction of sp³-hybridized carbons (Fsp3) is 0.375. The zero-order chi connectivity index (χ0) is 7.82. The Hall–Kier alpha value is -1.05. The Labute approximate surface area is 60.9 Å². The highest BCUT2D eigenvalue weighted by Crippen LogP contribution is 1.88. The quantitative estimate of drug-likeness (QED) is 0.479. The second kappa shape index (κ2) is 6.08. The Kier molecular flexibility index (Phi) is 5.44. The summed E-state index contributed by atoms with van der Waals surface area (Å²) < 4.78 is 0. The molecule has 0 aliphatic carbocycles. The molecule has 0 radical (unpaired) electrons. The van der Waals surface area contributed by atoms with E-state index in [0.29, 0.717) is 0 Å². The van der Waals surface area contributed by atoms with E-state index >= 15 is 0 Å². The van der Waals surface area contributed by atoms with Gasteiger partial charge in [-0.15, -0.1) is 0 Å². The molecule has 0 atom stereocenters. The molecule has 0 unspecified atom stereocenters. The topological polar surface area (TPSA) is 37.3 Å². The number of rotatable bonds is 4. The molecule has 1 N–H and O–H groups in total. The van der Waals surface area contributed by atoms with Crippen molar-refractivity contribution in [3.05, 3.63) is 24.3 Å². The second-order valence-corrected chi connectivity index (χ2v) is 1.91. The van der Waals surface area contributed by atoms with Crippen molar-refractivity contribution in [2.75, 3.05) is 0 Å².